The molecule has 0 saturated heterocycles. The van der Waals surface area contributed by atoms with Crippen LogP contribution in [-0.4, -0.2) is 43.0 Å². The number of hydrogen-bond donors (Lipinski definition) is 1. The molecule has 122 valence electrons. The third-order valence-corrected chi connectivity index (χ3v) is 4.91. The summed E-state index contributed by atoms with van der Waals surface area (Å²) in [4.78, 5) is 19.3. The van der Waals surface area contributed by atoms with Gasteiger partial charge in [0, 0.05) is 23.8 Å². The molecule has 1 aliphatic rings. The average molecular weight is 332 g/mol. The number of hydrogen-bond acceptors (Lipinski definition) is 5. The Morgan fingerprint density at radius 3 is 2.91 bits per heavy atom. The van der Waals surface area contributed by atoms with E-state index in [1.54, 1.807) is 12.4 Å². The molecular weight excluding hydrogens is 312 g/mol. The fourth-order valence-corrected chi connectivity index (χ4v) is 3.33. The van der Waals surface area contributed by atoms with Gasteiger partial charge in [-0.2, -0.15) is 5.10 Å². The number of carbonyl (C=O) groups is 1. The Bertz CT molecular complexity index is 674. The summed E-state index contributed by atoms with van der Waals surface area (Å²) in [6.07, 6.45) is 3.57. The highest BCUT2D eigenvalue weighted by atomic mass is 32.2. The van der Waals surface area contributed by atoms with Crippen LogP contribution in [-0.2, 0) is 17.9 Å². The molecule has 0 fully saturated rings. The summed E-state index contributed by atoms with van der Waals surface area (Å²) in [5.41, 5.74) is 1.68. The molecule has 3 rings (SSSR count). The molecule has 0 saturated carbocycles. The van der Waals surface area contributed by atoms with Gasteiger partial charge in [-0.1, -0.05) is 6.92 Å². The maximum atomic E-state index is 12.4. The molecule has 1 N–H and O–H groups in total. The van der Waals surface area contributed by atoms with Gasteiger partial charge in [-0.05, 0) is 24.6 Å². The minimum atomic E-state index is -0.528. The SMILES string of the molecule is CC[C@H](O)c1cc2n(n1)CCN(C(=O)CSc1ccncc1)C2. The molecule has 1 atom stereocenters. The number of fused-ring (bicyclic) bond motifs is 1. The van der Waals surface area contributed by atoms with Crippen LogP contribution in [0.4, 0.5) is 0 Å². The molecule has 0 bridgehead atoms. The average Bonchev–Trinajstić information content (AvgIpc) is 3.03. The van der Waals surface area contributed by atoms with Crippen LogP contribution in [0.1, 0.15) is 30.8 Å². The van der Waals surface area contributed by atoms with E-state index in [4.69, 9.17) is 0 Å². The molecule has 0 spiro atoms. The van der Waals surface area contributed by atoms with E-state index in [0.717, 1.165) is 10.6 Å². The second-order valence-corrected chi connectivity index (χ2v) is 6.54. The number of aromatic nitrogens is 3. The quantitative estimate of drug-likeness (QED) is 0.846. The van der Waals surface area contributed by atoms with E-state index in [9.17, 15) is 9.90 Å². The van der Waals surface area contributed by atoms with Crippen molar-refractivity contribution in [3.63, 3.8) is 0 Å². The first-order valence-electron chi connectivity index (χ1n) is 7.72. The molecular formula is C16H20N4O2S. The van der Waals surface area contributed by atoms with E-state index in [-0.39, 0.29) is 5.91 Å². The third-order valence-electron chi connectivity index (χ3n) is 3.91. The van der Waals surface area contributed by atoms with Crippen LogP contribution in [0.25, 0.3) is 0 Å². The first kappa shape index (κ1) is 16.0. The van der Waals surface area contributed by atoms with Crippen LogP contribution in [0.15, 0.2) is 35.5 Å². The van der Waals surface area contributed by atoms with Gasteiger partial charge in [0.15, 0.2) is 0 Å². The number of carbonyl (C=O) groups excluding carboxylic acids is 1. The first-order valence-corrected chi connectivity index (χ1v) is 8.71. The Hall–Kier alpha value is -1.86. The van der Waals surface area contributed by atoms with E-state index in [1.807, 2.05) is 34.7 Å². The highest BCUT2D eigenvalue weighted by molar-refractivity contribution is 8.00. The lowest BCUT2D eigenvalue weighted by Gasteiger charge is -2.27. The van der Waals surface area contributed by atoms with Gasteiger partial charge in [0.05, 0.1) is 36.3 Å². The van der Waals surface area contributed by atoms with Crippen molar-refractivity contribution >= 4 is 17.7 Å². The fraction of sp³-hybridized carbons (Fsp3) is 0.438. The summed E-state index contributed by atoms with van der Waals surface area (Å²) >= 11 is 1.52. The van der Waals surface area contributed by atoms with Crippen LogP contribution in [0, 0.1) is 0 Å². The van der Waals surface area contributed by atoms with E-state index in [1.165, 1.54) is 11.8 Å². The van der Waals surface area contributed by atoms with Gasteiger partial charge in [0.2, 0.25) is 5.91 Å². The van der Waals surface area contributed by atoms with Crippen molar-refractivity contribution in [2.24, 2.45) is 0 Å². The molecule has 0 unspecified atom stereocenters. The third kappa shape index (κ3) is 3.73. The molecule has 0 aliphatic carbocycles. The Morgan fingerprint density at radius 1 is 1.39 bits per heavy atom. The first-order chi connectivity index (χ1) is 11.2. The molecule has 1 aliphatic heterocycles. The minimum absolute atomic E-state index is 0.122. The van der Waals surface area contributed by atoms with Crippen LogP contribution in [0.3, 0.4) is 0 Å². The van der Waals surface area contributed by atoms with Crippen molar-refractivity contribution in [1.82, 2.24) is 19.7 Å². The topological polar surface area (TPSA) is 71.2 Å². The van der Waals surface area contributed by atoms with Crippen molar-refractivity contribution in [2.45, 2.75) is 37.4 Å². The number of amides is 1. The summed E-state index contributed by atoms with van der Waals surface area (Å²) < 4.78 is 1.90. The predicted molar refractivity (Wildman–Crippen MR) is 87.9 cm³/mol. The molecule has 2 aromatic heterocycles. The summed E-state index contributed by atoms with van der Waals surface area (Å²) in [5, 5.41) is 14.3. The van der Waals surface area contributed by atoms with E-state index < -0.39 is 6.10 Å². The lowest BCUT2D eigenvalue weighted by molar-refractivity contribution is -0.129. The van der Waals surface area contributed by atoms with Crippen LogP contribution in [0.5, 0.6) is 0 Å². The molecule has 0 aromatic carbocycles. The number of aliphatic hydroxyl groups is 1. The lowest BCUT2D eigenvalue weighted by atomic mass is 10.2. The standard InChI is InChI=1S/C16H20N4O2S/c1-2-15(21)14-9-12-10-19(7-8-20(12)18-14)16(22)11-23-13-3-5-17-6-4-13/h3-6,9,15,21H,2,7-8,10-11H2,1H3/t15-/m0/s1. The summed E-state index contributed by atoms with van der Waals surface area (Å²) in [5.74, 6) is 0.541. The van der Waals surface area contributed by atoms with Crippen molar-refractivity contribution in [2.75, 3.05) is 12.3 Å². The minimum Gasteiger partial charge on any atom is -0.387 e. The maximum absolute atomic E-state index is 12.4. The van der Waals surface area contributed by atoms with Crippen LogP contribution >= 0.6 is 11.8 Å². The van der Waals surface area contributed by atoms with Crippen LogP contribution in [0.2, 0.25) is 0 Å². The van der Waals surface area contributed by atoms with Gasteiger partial charge >= 0.3 is 0 Å². The molecule has 6 nitrogen and oxygen atoms in total. The Morgan fingerprint density at radius 2 is 2.17 bits per heavy atom. The smallest absolute Gasteiger partial charge is 0.233 e. The van der Waals surface area contributed by atoms with Gasteiger partial charge in [-0.3, -0.25) is 14.5 Å². The molecule has 2 aromatic rings. The molecule has 0 radical (unpaired) electrons. The van der Waals surface area contributed by atoms with Crippen molar-refractivity contribution in [1.29, 1.82) is 0 Å². The summed E-state index contributed by atoms with van der Waals surface area (Å²) in [6.45, 7) is 3.82. The Labute approximate surface area is 139 Å². The fourth-order valence-electron chi connectivity index (χ4n) is 2.54. The summed E-state index contributed by atoms with van der Waals surface area (Å²) in [6, 6.07) is 5.72. The normalized spacial score (nSPS) is 15.3. The van der Waals surface area contributed by atoms with Crippen LogP contribution < -0.4 is 0 Å². The Balaban J connectivity index is 1.60. The van der Waals surface area contributed by atoms with Crippen molar-refractivity contribution in [3.05, 3.63) is 42.0 Å². The lowest BCUT2D eigenvalue weighted by Crippen LogP contribution is -2.39. The van der Waals surface area contributed by atoms with E-state index in [0.29, 0.717) is 37.5 Å². The number of nitrogens with zero attached hydrogens (tertiary/aromatic N) is 4. The number of rotatable bonds is 5. The molecule has 3 heterocycles. The van der Waals surface area contributed by atoms with Gasteiger partial charge < -0.3 is 10.0 Å². The van der Waals surface area contributed by atoms with E-state index >= 15 is 0 Å². The Kier molecular flexibility index (Phi) is 4.97. The van der Waals surface area contributed by atoms with Gasteiger partial charge in [-0.25, -0.2) is 0 Å². The highest BCUT2D eigenvalue weighted by Crippen LogP contribution is 2.22. The zero-order valence-electron chi connectivity index (χ0n) is 13.1. The molecule has 7 heteroatoms. The zero-order valence-corrected chi connectivity index (χ0v) is 13.9. The van der Waals surface area contributed by atoms with Crippen molar-refractivity contribution < 1.29 is 9.90 Å². The van der Waals surface area contributed by atoms with Crippen molar-refractivity contribution in [3.8, 4) is 0 Å². The number of aliphatic hydroxyl groups excluding tert-OH is 1. The molecule has 23 heavy (non-hydrogen) atoms. The molecule has 1 amide bonds. The number of pyridine rings is 1. The second-order valence-electron chi connectivity index (χ2n) is 5.49. The predicted octanol–water partition coefficient (Wildman–Crippen LogP) is 1.86. The zero-order chi connectivity index (χ0) is 16.2. The second kappa shape index (κ2) is 7.14. The largest absolute Gasteiger partial charge is 0.387 e. The highest BCUT2D eigenvalue weighted by Gasteiger charge is 2.23. The van der Waals surface area contributed by atoms with Gasteiger partial charge in [-0.15, -0.1) is 11.8 Å². The van der Waals surface area contributed by atoms with E-state index in [2.05, 4.69) is 10.1 Å². The van der Waals surface area contributed by atoms with Gasteiger partial charge in [0.1, 0.15) is 0 Å². The number of thioether (sulfide) groups is 1. The summed E-state index contributed by atoms with van der Waals surface area (Å²) in [7, 11) is 0. The maximum Gasteiger partial charge on any atom is 0.233 e. The van der Waals surface area contributed by atoms with Gasteiger partial charge in [0.25, 0.3) is 0 Å². The monoisotopic (exact) mass is 332 g/mol.